The molecule has 1 aliphatic heterocycles. The summed E-state index contributed by atoms with van der Waals surface area (Å²) in [5.41, 5.74) is 8.70. The summed E-state index contributed by atoms with van der Waals surface area (Å²) in [5, 5.41) is 2.43. The zero-order valence-electron chi connectivity index (χ0n) is 11.6. The van der Waals surface area contributed by atoms with E-state index in [4.69, 9.17) is 0 Å². The normalized spacial score (nSPS) is 16.9. The van der Waals surface area contributed by atoms with E-state index < -0.39 is 0 Å². The summed E-state index contributed by atoms with van der Waals surface area (Å²) in [4.78, 5) is 11.6. The van der Waals surface area contributed by atoms with Crippen molar-refractivity contribution in [3.05, 3.63) is 53.1 Å². The van der Waals surface area contributed by atoms with Gasteiger partial charge in [-0.05, 0) is 34.4 Å². The molecule has 0 unspecified atom stereocenters. The Labute approximate surface area is 118 Å². The van der Waals surface area contributed by atoms with Crippen LogP contribution in [0.3, 0.4) is 0 Å². The predicted molar refractivity (Wildman–Crippen MR) is 82.1 cm³/mol. The molecule has 3 rings (SSSR count). The van der Waals surface area contributed by atoms with E-state index in [2.05, 4.69) is 48.1 Å². The molecule has 0 aliphatic carbocycles. The van der Waals surface area contributed by atoms with Crippen molar-refractivity contribution in [1.82, 2.24) is 10.9 Å². The number of fused-ring (bicyclic) bond motifs is 1. The first-order valence-electron chi connectivity index (χ1n) is 7.03. The zero-order valence-corrected chi connectivity index (χ0v) is 11.6. The van der Waals surface area contributed by atoms with Gasteiger partial charge in [0.05, 0.1) is 0 Å². The van der Waals surface area contributed by atoms with Crippen molar-refractivity contribution >= 4 is 22.8 Å². The van der Waals surface area contributed by atoms with Gasteiger partial charge in [0.1, 0.15) is 0 Å². The molecule has 0 saturated carbocycles. The first-order valence-corrected chi connectivity index (χ1v) is 7.03. The van der Waals surface area contributed by atoms with Gasteiger partial charge >= 0.3 is 0 Å². The van der Waals surface area contributed by atoms with E-state index in [9.17, 15) is 4.79 Å². The van der Waals surface area contributed by atoms with E-state index in [1.165, 1.54) is 16.3 Å². The SMILES string of the molecule is CCCc1ccc2cccc(/C=C3\CNNC3=O)c2c1. The van der Waals surface area contributed by atoms with E-state index in [1.54, 1.807) is 0 Å². The van der Waals surface area contributed by atoms with Gasteiger partial charge in [-0.3, -0.25) is 10.2 Å². The van der Waals surface area contributed by atoms with Crippen molar-refractivity contribution < 1.29 is 4.79 Å². The fourth-order valence-electron chi connectivity index (χ4n) is 2.60. The number of hydrogen-bond donors (Lipinski definition) is 2. The van der Waals surface area contributed by atoms with Crippen LogP contribution in [0.25, 0.3) is 16.8 Å². The monoisotopic (exact) mass is 266 g/mol. The molecule has 0 bridgehead atoms. The number of amides is 1. The molecule has 1 amide bonds. The number of aryl methyl sites for hydroxylation is 1. The Balaban J connectivity index is 2.09. The van der Waals surface area contributed by atoms with Gasteiger partial charge in [0.25, 0.3) is 5.91 Å². The number of hydrogen-bond acceptors (Lipinski definition) is 2. The first-order chi connectivity index (χ1) is 9.78. The second kappa shape index (κ2) is 5.47. The Hall–Kier alpha value is -2.13. The maximum Gasteiger partial charge on any atom is 0.262 e. The van der Waals surface area contributed by atoms with E-state index in [1.807, 2.05) is 12.1 Å². The molecular formula is C17H18N2O. The van der Waals surface area contributed by atoms with Gasteiger partial charge < -0.3 is 0 Å². The molecule has 1 heterocycles. The lowest BCUT2D eigenvalue weighted by atomic mass is 9.98. The van der Waals surface area contributed by atoms with Crippen LogP contribution in [0, 0.1) is 0 Å². The number of hydrazine groups is 1. The van der Waals surface area contributed by atoms with Crippen molar-refractivity contribution in [3.63, 3.8) is 0 Å². The smallest absolute Gasteiger partial charge is 0.262 e. The van der Waals surface area contributed by atoms with E-state index in [0.717, 1.165) is 24.0 Å². The van der Waals surface area contributed by atoms with Gasteiger partial charge in [-0.15, -0.1) is 0 Å². The number of carbonyl (C=O) groups is 1. The van der Waals surface area contributed by atoms with E-state index >= 15 is 0 Å². The van der Waals surface area contributed by atoms with Crippen LogP contribution in [0.5, 0.6) is 0 Å². The van der Waals surface area contributed by atoms with Crippen molar-refractivity contribution in [2.45, 2.75) is 19.8 Å². The summed E-state index contributed by atoms with van der Waals surface area (Å²) in [6.45, 7) is 2.76. The molecule has 0 radical (unpaired) electrons. The largest absolute Gasteiger partial charge is 0.287 e. The molecule has 0 spiro atoms. The standard InChI is InChI=1S/C17H18N2O/c1-2-4-12-7-8-13-5-3-6-14(16(13)9-12)10-15-11-18-19-17(15)20/h3,5-10,18H,2,4,11H2,1H3,(H,19,20)/b15-10+. The van der Waals surface area contributed by atoms with Crippen LogP contribution >= 0.6 is 0 Å². The Bertz CT molecular complexity index is 688. The minimum absolute atomic E-state index is 0.0354. The highest BCUT2D eigenvalue weighted by molar-refractivity contribution is 6.02. The minimum atomic E-state index is -0.0354. The lowest BCUT2D eigenvalue weighted by Gasteiger charge is -2.06. The molecular weight excluding hydrogens is 248 g/mol. The number of rotatable bonds is 3. The third kappa shape index (κ3) is 2.45. The fourth-order valence-corrected chi connectivity index (χ4v) is 2.60. The predicted octanol–water partition coefficient (Wildman–Crippen LogP) is 2.81. The summed E-state index contributed by atoms with van der Waals surface area (Å²) >= 11 is 0. The van der Waals surface area contributed by atoms with Crippen LogP contribution < -0.4 is 10.9 Å². The molecule has 1 saturated heterocycles. The molecule has 3 heteroatoms. The zero-order chi connectivity index (χ0) is 13.9. The lowest BCUT2D eigenvalue weighted by Crippen LogP contribution is -2.25. The average molecular weight is 266 g/mol. The van der Waals surface area contributed by atoms with Crippen LogP contribution in [-0.4, -0.2) is 12.5 Å². The van der Waals surface area contributed by atoms with Gasteiger partial charge in [0.2, 0.25) is 0 Å². The number of benzene rings is 2. The van der Waals surface area contributed by atoms with Crippen LogP contribution in [0.1, 0.15) is 24.5 Å². The van der Waals surface area contributed by atoms with Crippen molar-refractivity contribution in [3.8, 4) is 0 Å². The summed E-state index contributed by atoms with van der Waals surface area (Å²) in [7, 11) is 0. The summed E-state index contributed by atoms with van der Waals surface area (Å²) in [6, 6.07) is 12.8. The van der Waals surface area contributed by atoms with Gasteiger partial charge in [-0.1, -0.05) is 49.7 Å². The van der Waals surface area contributed by atoms with Crippen LogP contribution in [0.15, 0.2) is 42.0 Å². The van der Waals surface area contributed by atoms with Gasteiger partial charge in [0, 0.05) is 12.1 Å². The second-order valence-electron chi connectivity index (χ2n) is 5.13. The van der Waals surface area contributed by atoms with Gasteiger partial charge in [0.15, 0.2) is 0 Å². The molecule has 0 atom stereocenters. The summed E-state index contributed by atoms with van der Waals surface area (Å²) in [5.74, 6) is -0.0354. The average Bonchev–Trinajstić information content (AvgIpc) is 2.85. The number of carbonyl (C=O) groups excluding carboxylic acids is 1. The van der Waals surface area contributed by atoms with E-state index in [0.29, 0.717) is 6.54 Å². The summed E-state index contributed by atoms with van der Waals surface area (Å²) in [6.07, 6.45) is 4.21. The topological polar surface area (TPSA) is 41.1 Å². The second-order valence-corrected chi connectivity index (χ2v) is 5.13. The molecule has 20 heavy (non-hydrogen) atoms. The fraction of sp³-hybridized carbons (Fsp3) is 0.235. The molecule has 0 aromatic heterocycles. The highest BCUT2D eigenvalue weighted by atomic mass is 16.2. The third-order valence-corrected chi connectivity index (χ3v) is 3.62. The van der Waals surface area contributed by atoms with Crippen molar-refractivity contribution in [2.24, 2.45) is 0 Å². The molecule has 1 aliphatic rings. The maximum absolute atomic E-state index is 11.6. The van der Waals surface area contributed by atoms with Crippen LogP contribution in [0.4, 0.5) is 0 Å². The summed E-state index contributed by atoms with van der Waals surface area (Å²) < 4.78 is 0. The lowest BCUT2D eigenvalue weighted by molar-refractivity contribution is -0.116. The molecule has 1 fully saturated rings. The van der Waals surface area contributed by atoms with Gasteiger partial charge in [-0.25, -0.2) is 5.43 Å². The highest BCUT2D eigenvalue weighted by Gasteiger charge is 2.15. The van der Waals surface area contributed by atoms with Crippen molar-refractivity contribution in [1.29, 1.82) is 0 Å². The van der Waals surface area contributed by atoms with Gasteiger partial charge in [-0.2, -0.15) is 0 Å². The van der Waals surface area contributed by atoms with Crippen molar-refractivity contribution in [2.75, 3.05) is 6.54 Å². The highest BCUT2D eigenvalue weighted by Crippen LogP contribution is 2.23. The van der Waals surface area contributed by atoms with E-state index in [-0.39, 0.29) is 5.91 Å². The van der Waals surface area contributed by atoms with Crippen LogP contribution in [0.2, 0.25) is 0 Å². The Morgan fingerprint density at radius 3 is 2.90 bits per heavy atom. The maximum atomic E-state index is 11.6. The molecule has 102 valence electrons. The quantitative estimate of drug-likeness (QED) is 0.839. The Morgan fingerprint density at radius 2 is 2.15 bits per heavy atom. The molecule has 3 nitrogen and oxygen atoms in total. The first kappa shape index (κ1) is 12.9. The van der Waals surface area contributed by atoms with Crippen LogP contribution in [-0.2, 0) is 11.2 Å². The molecule has 2 aromatic rings. The molecule has 2 N–H and O–H groups in total. The number of nitrogens with one attached hydrogen (secondary N) is 2. The molecule has 2 aromatic carbocycles. The minimum Gasteiger partial charge on any atom is -0.287 e. The Kier molecular flexibility index (Phi) is 3.52. The third-order valence-electron chi connectivity index (χ3n) is 3.62. The Morgan fingerprint density at radius 1 is 1.25 bits per heavy atom.